The van der Waals surface area contributed by atoms with Crippen LogP contribution in [0.1, 0.15) is 44.9 Å². The lowest BCUT2D eigenvalue weighted by Gasteiger charge is -2.28. The summed E-state index contributed by atoms with van der Waals surface area (Å²) in [6.45, 7) is 0. The Morgan fingerprint density at radius 3 is 2.40 bits per heavy atom. The molecule has 0 saturated heterocycles. The van der Waals surface area contributed by atoms with Crippen LogP contribution in [0.4, 0.5) is 0 Å². The van der Waals surface area contributed by atoms with Crippen molar-refractivity contribution in [1.29, 1.82) is 5.26 Å². The summed E-state index contributed by atoms with van der Waals surface area (Å²) in [5, 5.41) is 9.44. The van der Waals surface area contributed by atoms with Gasteiger partial charge < -0.3 is 4.57 Å². The molecule has 20 heavy (non-hydrogen) atoms. The third-order valence-corrected chi connectivity index (χ3v) is 5.13. The van der Waals surface area contributed by atoms with Gasteiger partial charge in [0.2, 0.25) is 0 Å². The summed E-state index contributed by atoms with van der Waals surface area (Å²) >= 11 is 0. The maximum Gasteiger partial charge on any atom is 0.260 e. The van der Waals surface area contributed by atoms with Crippen LogP contribution < -0.4 is 4.72 Å². The van der Waals surface area contributed by atoms with Crippen LogP contribution >= 0.6 is 0 Å². The van der Waals surface area contributed by atoms with Gasteiger partial charge in [0, 0.05) is 13.2 Å². The van der Waals surface area contributed by atoms with Crippen molar-refractivity contribution in [3.63, 3.8) is 0 Å². The smallest absolute Gasteiger partial charge is 0.260 e. The summed E-state index contributed by atoms with van der Waals surface area (Å²) in [4.78, 5) is 3.86. The number of hydrogen-bond donors (Lipinski definition) is 1. The van der Waals surface area contributed by atoms with E-state index in [1.165, 1.54) is 12.5 Å². The normalized spacial score (nSPS) is 19.8. The number of aryl methyl sites for hydroxylation is 1. The second-order valence-electron chi connectivity index (χ2n) is 5.44. The van der Waals surface area contributed by atoms with E-state index < -0.39 is 15.6 Å². The van der Waals surface area contributed by atoms with Crippen LogP contribution in [0.2, 0.25) is 0 Å². The zero-order valence-corrected chi connectivity index (χ0v) is 12.5. The van der Waals surface area contributed by atoms with E-state index in [0.717, 1.165) is 32.1 Å². The molecule has 110 valence electrons. The first-order chi connectivity index (χ1) is 9.47. The van der Waals surface area contributed by atoms with Crippen LogP contribution in [0.15, 0.2) is 17.6 Å². The molecular weight excluding hydrogens is 276 g/mol. The van der Waals surface area contributed by atoms with Crippen LogP contribution in [0, 0.1) is 11.3 Å². The Hall–Kier alpha value is -1.39. The summed E-state index contributed by atoms with van der Waals surface area (Å²) in [5.74, 6) is 0. The molecule has 1 fully saturated rings. The third kappa shape index (κ3) is 3.38. The van der Waals surface area contributed by atoms with Gasteiger partial charge in [0.15, 0.2) is 5.03 Å². The average molecular weight is 296 g/mol. The fourth-order valence-electron chi connectivity index (χ4n) is 2.58. The molecule has 0 amide bonds. The largest absolute Gasteiger partial charge is 0.339 e. The third-order valence-electron chi connectivity index (χ3n) is 3.71. The standard InChI is InChI=1S/C13H20N4O2S/c1-17-9-12(15-11-17)20(18,19)16-13(10-14)7-5-3-2-4-6-8-13/h9,11,16H,2-8H2,1H3. The van der Waals surface area contributed by atoms with E-state index in [1.54, 1.807) is 11.6 Å². The van der Waals surface area contributed by atoms with Gasteiger partial charge in [-0.25, -0.2) is 13.4 Å². The number of imidazole rings is 1. The number of aromatic nitrogens is 2. The zero-order chi connectivity index (χ0) is 14.6. The lowest BCUT2D eigenvalue weighted by Crippen LogP contribution is -2.47. The molecule has 0 aromatic carbocycles. The summed E-state index contributed by atoms with van der Waals surface area (Å²) in [7, 11) is -2.03. The number of hydrogen-bond acceptors (Lipinski definition) is 4. The lowest BCUT2D eigenvalue weighted by atomic mass is 9.86. The zero-order valence-electron chi connectivity index (χ0n) is 11.7. The molecule has 6 nitrogen and oxygen atoms in total. The van der Waals surface area contributed by atoms with E-state index in [-0.39, 0.29) is 5.03 Å². The molecule has 7 heteroatoms. The number of nitriles is 1. The number of sulfonamides is 1. The molecular formula is C13H20N4O2S. The van der Waals surface area contributed by atoms with Gasteiger partial charge in [0.05, 0.1) is 12.4 Å². The van der Waals surface area contributed by atoms with Crippen molar-refractivity contribution >= 4 is 10.0 Å². The van der Waals surface area contributed by atoms with Crippen molar-refractivity contribution in [3.05, 3.63) is 12.5 Å². The molecule has 0 atom stereocenters. The predicted octanol–water partition coefficient (Wildman–Crippen LogP) is 1.71. The van der Waals surface area contributed by atoms with Gasteiger partial charge in [-0.05, 0) is 12.8 Å². The van der Waals surface area contributed by atoms with Crippen molar-refractivity contribution in [2.24, 2.45) is 7.05 Å². The second-order valence-corrected chi connectivity index (χ2v) is 7.07. The van der Waals surface area contributed by atoms with Gasteiger partial charge in [-0.3, -0.25) is 0 Å². The second kappa shape index (κ2) is 5.94. The number of rotatable bonds is 3. The predicted molar refractivity (Wildman–Crippen MR) is 74.2 cm³/mol. The quantitative estimate of drug-likeness (QED) is 0.919. The molecule has 1 heterocycles. The van der Waals surface area contributed by atoms with E-state index in [0.29, 0.717) is 12.8 Å². The minimum absolute atomic E-state index is 0.0308. The highest BCUT2D eigenvalue weighted by Gasteiger charge is 2.36. The van der Waals surface area contributed by atoms with Gasteiger partial charge in [0.25, 0.3) is 10.0 Å². The van der Waals surface area contributed by atoms with Crippen LogP contribution in [-0.2, 0) is 17.1 Å². The van der Waals surface area contributed by atoms with Gasteiger partial charge in [0.1, 0.15) is 5.54 Å². The fraction of sp³-hybridized carbons (Fsp3) is 0.692. The molecule has 0 bridgehead atoms. The SMILES string of the molecule is Cn1cnc(S(=O)(=O)NC2(C#N)CCCCCCC2)c1. The summed E-state index contributed by atoms with van der Waals surface area (Å²) in [6.07, 6.45) is 9.02. The number of nitrogens with zero attached hydrogens (tertiary/aromatic N) is 3. The molecule has 2 rings (SSSR count). The van der Waals surface area contributed by atoms with Crippen molar-refractivity contribution < 1.29 is 8.42 Å². The maximum atomic E-state index is 12.3. The van der Waals surface area contributed by atoms with E-state index in [4.69, 9.17) is 0 Å². The van der Waals surface area contributed by atoms with Gasteiger partial charge in [-0.15, -0.1) is 0 Å². The van der Waals surface area contributed by atoms with Crippen molar-refractivity contribution in [3.8, 4) is 6.07 Å². The number of nitrogens with one attached hydrogen (secondary N) is 1. The first kappa shape index (κ1) is 15.0. The Kier molecular flexibility index (Phi) is 4.45. The average Bonchev–Trinajstić information content (AvgIpc) is 2.80. The van der Waals surface area contributed by atoms with Crippen molar-refractivity contribution in [2.45, 2.75) is 55.5 Å². The molecule has 1 aliphatic carbocycles. The first-order valence-electron chi connectivity index (χ1n) is 6.91. The molecule has 1 saturated carbocycles. The highest BCUT2D eigenvalue weighted by molar-refractivity contribution is 7.89. The molecule has 1 N–H and O–H groups in total. The Morgan fingerprint density at radius 1 is 1.30 bits per heavy atom. The highest BCUT2D eigenvalue weighted by Crippen LogP contribution is 2.27. The van der Waals surface area contributed by atoms with Crippen LogP contribution in [0.25, 0.3) is 0 Å². The van der Waals surface area contributed by atoms with Crippen molar-refractivity contribution in [1.82, 2.24) is 14.3 Å². The Balaban J connectivity index is 2.22. The summed E-state index contributed by atoms with van der Waals surface area (Å²) < 4.78 is 28.8. The van der Waals surface area contributed by atoms with Crippen LogP contribution in [-0.4, -0.2) is 23.5 Å². The van der Waals surface area contributed by atoms with Crippen LogP contribution in [0.5, 0.6) is 0 Å². The highest BCUT2D eigenvalue weighted by atomic mass is 32.2. The molecule has 1 aromatic heterocycles. The van der Waals surface area contributed by atoms with Gasteiger partial charge >= 0.3 is 0 Å². The Bertz CT molecular complexity index is 592. The monoisotopic (exact) mass is 296 g/mol. The van der Waals surface area contributed by atoms with E-state index in [9.17, 15) is 13.7 Å². The molecule has 0 unspecified atom stereocenters. The fourth-order valence-corrected chi connectivity index (χ4v) is 3.94. The maximum absolute atomic E-state index is 12.3. The minimum atomic E-state index is -3.74. The Morgan fingerprint density at radius 2 is 1.90 bits per heavy atom. The van der Waals surface area contributed by atoms with E-state index >= 15 is 0 Å². The van der Waals surface area contributed by atoms with Gasteiger partial charge in [-0.1, -0.05) is 32.1 Å². The van der Waals surface area contributed by atoms with E-state index in [2.05, 4.69) is 15.8 Å². The van der Waals surface area contributed by atoms with Gasteiger partial charge in [-0.2, -0.15) is 9.98 Å². The summed E-state index contributed by atoms with van der Waals surface area (Å²) in [6, 6.07) is 2.19. The minimum Gasteiger partial charge on any atom is -0.339 e. The molecule has 0 aliphatic heterocycles. The molecule has 0 radical (unpaired) electrons. The molecule has 1 aliphatic rings. The molecule has 1 aromatic rings. The molecule has 0 spiro atoms. The van der Waals surface area contributed by atoms with Crippen LogP contribution in [0.3, 0.4) is 0 Å². The topological polar surface area (TPSA) is 87.8 Å². The summed E-state index contributed by atoms with van der Waals surface area (Å²) in [5.41, 5.74) is -0.989. The van der Waals surface area contributed by atoms with Crippen molar-refractivity contribution in [2.75, 3.05) is 0 Å². The first-order valence-corrected chi connectivity index (χ1v) is 8.39. The Labute approximate surface area is 119 Å². The van der Waals surface area contributed by atoms with E-state index in [1.807, 2.05) is 0 Å². The lowest BCUT2D eigenvalue weighted by molar-refractivity contribution is 0.357.